The first kappa shape index (κ1) is 19.8. The van der Waals surface area contributed by atoms with Gasteiger partial charge in [0.1, 0.15) is 5.03 Å². The second-order valence-corrected chi connectivity index (χ2v) is 9.81. The molecule has 1 aromatic heterocycles. The Morgan fingerprint density at radius 2 is 2.00 bits per heavy atom. The molecule has 2 unspecified atom stereocenters. The average molecular weight is 425 g/mol. The molecule has 1 saturated heterocycles. The predicted molar refractivity (Wildman–Crippen MR) is 117 cm³/mol. The number of hydrogen-bond donors (Lipinski definition) is 1. The number of nitrogens with zero attached hydrogens (tertiary/aromatic N) is 3. The number of carbonyl (C=O) groups excluding carboxylic acids is 1. The maximum Gasteiger partial charge on any atom is 0.306 e. The molecule has 158 valence electrons. The third-order valence-electron chi connectivity index (χ3n) is 6.37. The molecular formula is C23H28N4O2S. The highest BCUT2D eigenvalue weighted by Gasteiger charge is 2.36. The molecule has 0 radical (unpaired) electrons. The smallest absolute Gasteiger partial charge is 0.306 e. The zero-order chi connectivity index (χ0) is 20.5. The van der Waals surface area contributed by atoms with Crippen LogP contribution in [0.15, 0.2) is 40.5 Å². The van der Waals surface area contributed by atoms with Crippen LogP contribution in [0, 0.1) is 17.8 Å². The highest BCUT2D eigenvalue weighted by molar-refractivity contribution is 7.99. The van der Waals surface area contributed by atoms with Gasteiger partial charge in [0.15, 0.2) is 5.82 Å². The number of hydrogen-bond acceptors (Lipinski definition) is 7. The molecule has 1 saturated carbocycles. The standard InChI is InChI=1S/C23H28N4O2S/c1-2-29-21(28)11-16-7-17-9-18(8-16)14-27(13-17)12-15-3-4-20-19(10-15)26-22-23(30-20)25-6-5-24-22/h3-6,10,16-18H,2,7-9,11-14H2,1H3,(H,24,26). The van der Waals surface area contributed by atoms with Crippen molar-refractivity contribution in [2.75, 3.05) is 25.0 Å². The predicted octanol–water partition coefficient (Wildman–Crippen LogP) is 4.49. The molecule has 0 amide bonds. The number of ether oxygens (including phenoxy) is 1. The molecule has 0 spiro atoms. The van der Waals surface area contributed by atoms with Crippen LogP contribution in [0.1, 0.15) is 38.2 Å². The van der Waals surface area contributed by atoms with Gasteiger partial charge >= 0.3 is 5.97 Å². The number of carbonyl (C=O) groups is 1. The van der Waals surface area contributed by atoms with E-state index in [-0.39, 0.29) is 5.97 Å². The quantitative estimate of drug-likeness (QED) is 0.606. The van der Waals surface area contributed by atoms with Gasteiger partial charge < -0.3 is 10.1 Å². The van der Waals surface area contributed by atoms with Crippen molar-refractivity contribution in [3.63, 3.8) is 0 Å². The molecule has 2 aromatic rings. The Hall–Kier alpha value is -2.12. The molecule has 2 fully saturated rings. The minimum Gasteiger partial charge on any atom is -0.466 e. The Morgan fingerprint density at radius 1 is 1.20 bits per heavy atom. The van der Waals surface area contributed by atoms with Gasteiger partial charge in [0.05, 0.1) is 12.3 Å². The molecule has 7 heteroatoms. The normalized spacial score (nSPS) is 25.0. The van der Waals surface area contributed by atoms with Crippen molar-refractivity contribution in [1.82, 2.24) is 14.9 Å². The lowest BCUT2D eigenvalue weighted by atomic mass is 9.71. The van der Waals surface area contributed by atoms with Gasteiger partial charge in [-0.05, 0) is 61.6 Å². The molecular weight excluding hydrogens is 396 g/mol. The first-order valence-electron chi connectivity index (χ1n) is 10.9. The molecule has 2 atom stereocenters. The third kappa shape index (κ3) is 4.32. The van der Waals surface area contributed by atoms with E-state index >= 15 is 0 Å². The summed E-state index contributed by atoms with van der Waals surface area (Å²) >= 11 is 1.67. The van der Waals surface area contributed by atoms with Crippen molar-refractivity contribution in [2.45, 2.75) is 49.1 Å². The van der Waals surface area contributed by atoms with Gasteiger partial charge in [-0.3, -0.25) is 9.69 Å². The summed E-state index contributed by atoms with van der Waals surface area (Å²) < 4.78 is 5.17. The lowest BCUT2D eigenvalue weighted by Gasteiger charge is -2.44. The summed E-state index contributed by atoms with van der Waals surface area (Å²) in [5.41, 5.74) is 2.45. The number of esters is 1. The van der Waals surface area contributed by atoms with E-state index in [0.29, 0.717) is 30.8 Å². The van der Waals surface area contributed by atoms with Crippen LogP contribution in [0.3, 0.4) is 0 Å². The molecule has 6 nitrogen and oxygen atoms in total. The Bertz CT molecular complexity index is 923. The van der Waals surface area contributed by atoms with Crippen LogP contribution in [0.2, 0.25) is 0 Å². The van der Waals surface area contributed by atoms with Gasteiger partial charge in [-0.25, -0.2) is 9.97 Å². The summed E-state index contributed by atoms with van der Waals surface area (Å²) in [7, 11) is 0. The summed E-state index contributed by atoms with van der Waals surface area (Å²) in [6.07, 6.45) is 7.68. The summed E-state index contributed by atoms with van der Waals surface area (Å²) in [5.74, 6) is 2.72. The minimum absolute atomic E-state index is 0.0231. The molecule has 5 rings (SSSR count). The van der Waals surface area contributed by atoms with Crippen LogP contribution in [0.25, 0.3) is 0 Å². The molecule has 3 heterocycles. The number of anilines is 2. The third-order valence-corrected chi connectivity index (χ3v) is 7.44. The molecule has 30 heavy (non-hydrogen) atoms. The summed E-state index contributed by atoms with van der Waals surface area (Å²) in [6.45, 7) is 5.60. The van der Waals surface area contributed by atoms with E-state index in [1.165, 1.54) is 16.9 Å². The van der Waals surface area contributed by atoms with Crippen LogP contribution in [-0.2, 0) is 16.1 Å². The van der Waals surface area contributed by atoms with Gasteiger partial charge in [0.2, 0.25) is 0 Å². The fourth-order valence-corrected chi connectivity index (χ4v) is 6.27. The topological polar surface area (TPSA) is 67.3 Å². The first-order valence-corrected chi connectivity index (χ1v) is 11.7. The Morgan fingerprint density at radius 3 is 2.80 bits per heavy atom. The van der Waals surface area contributed by atoms with Crippen molar-refractivity contribution >= 4 is 29.2 Å². The van der Waals surface area contributed by atoms with Crippen molar-refractivity contribution in [3.05, 3.63) is 36.2 Å². The van der Waals surface area contributed by atoms with Crippen molar-refractivity contribution in [3.8, 4) is 0 Å². The number of likely N-dealkylation sites (tertiary alicyclic amines) is 1. The summed E-state index contributed by atoms with van der Waals surface area (Å²) in [5, 5.41) is 4.37. The lowest BCUT2D eigenvalue weighted by Crippen LogP contribution is -2.44. The van der Waals surface area contributed by atoms with E-state index in [1.54, 1.807) is 24.2 Å². The molecule has 3 aliphatic rings. The highest BCUT2D eigenvalue weighted by Crippen LogP contribution is 2.43. The zero-order valence-electron chi connectivity index (χ0n) is 17.3. The zero-order valence-corrected chi connectivity index (χ0v) is 18.2. The number of rotatable bonds is 5. The van der Waals surface area contributed by atoms with Crippen LogP contribution in [0.5, 0.6) is 0 Å². The number of aromatic nitrogens is 2. The number of nitrogens with one attached hydrogen (secondary N) is 1. The Labute approximate surface area is 181 Å². The van der Waals surface area contributed by atoms with E-state index in [1.807, 2.05) is 6.92 Å². The fraction of sp³-hybridized carbons (Fsp3) is 0.522. The van der Waals surface area contributed by atoms with E-state index in [2.05, 4.69) is 38.4 Å². The molecule has 2 aliphatic heterocycles. The van der Waals surface area contributed by atoms with Gasteiger partial charge in [0, 0.05) is 43.3 Å². The van der Waals surface area contributed by atoms with E-state index in [9.17, 15) is 4.79 Å². The van der Waals surface area contributed by atoms with Gasteiger partial charge in [0.25, 0.3) is 0 Å². The second kappa shape index (κ2) is 8.55. The average Bonchev–Trinajstić information content (AvgIpc) is 2.71. The van der Waals surface area contributed by atoms with Crippen LogP contribution in [-0.4, -0.2) is 40.5 Å². The van der Waals surface area contributed by atoms with Gasteiger partial charge in [-0.1, -0.05) is 17.8 Å². The summed E-state index contributed by atoms with van der Waals surface area (Å²) in [6, 6.07) is 6.69. The number of benzene rings is 1. The first-order chi connectivity index (χ1) is 14.7. The van der Waals surface area contributed by atoms with Crippen LogP contribution in [0.4, 0.5) is 11.5 Å². The van der Waals surface area contributed by atoms with E-state index in [0.717, 1.165) is 49.0 Å². The van der Waals surface area contributed by atoms with Crippen molar-refractivity contribution in [2.24, 2.45) is 17.8 Å². The second-order valence-electron chi connectivity index (χ2n) is 8.78. The molecule has 1 N–H and O–H groups in total. The molecule has 1 aromatic carbocycles. The van der Waals surface area contributed by atoms with Crippen LogP contribution < -0.4 is 5.32 Å². The maximum absolute atomic E-state index is 11.9. The van der Waals surface area contributed by atoms with Crippen molar-refractivity contribution < 1.29 is 9.53 Å². The fourth-order valence-electron chi connectivity index (χ4n) is 5.40. The Balaban J connectivity index is 1.21. The van der Waals surface area contributed by atoms with E-state index in [4.69, 9.17) is 4.74 Å². The van der Waals surface area contributed by atoms with Gasteiger partial charge in [-0.15, -0.1) is 0 Å². The monoisotopic (exact) mass is 424 g/mol. The molecule has 2 bridgehead atoms. The van der Waals surface area contributed by atoms with E-state index < -0.39 is 0 Å². The lowest BCUT2D eigenvalue weighted by molar-refractivity contribution is -0.145. The number of fused-ring (bicyclic) bond motifs is 4. The van der Waals surface area contributed by atoms with Gasteiger partial charge in [-0.2, -0.15) is 0 Å². The molecule has 1 aliphatic carbocycles. The maximum atomic E-state index is 11.9. The SMILES string of the molecule is CCOC(=O)CC1CC2CC(C1)CN(Cc1ccc3c(c1)Nc1nccnc1S3)C2. The highest BCUT2D eigenvalue weighted by atomic mass is 32.2. The van der Waals surface area contributed by atoms with Crippen LogP contribution >= 0.6 is 11.8 Å². The number of piperidine rings is 1. The van der Waals surface area contributed by atoms with Crippen molar-refractivity contribution in [1.29, 1.82) is 0 Å². The Kier molecular flexibility index (Phi) is 5.65. The largest absolute Gasteiger partial charge is 0.466 e. The summed E-state index contributed by atoms with van der Waals surface area (Å²) in [4.78, 5) is 24.5. The minimum atomic E-state index is -0.0231.